The number of nitrogens with zero attached hydrogens (tertiary/aromatic N) is 3. The third kappa shape index (κ3) is 2.59. The highest BCUT2D eigenvalue weighted by atomic mass is 15.4. The van der Waals surface area contributed by atoms with E-state index in [1.54, 1.807) is 7.05 Å². The predicted molar refractivity (Wildman–Crippen MR) is 59.0 cm³/mol. The molecule has 1 heterocycles. The number of likely N-dealkylation sites (N-methyl/N-ethyl adjacent to an activating group) is 2. The first kappa shape index (κ1) is 11.3. The molecule has 3 N–H and O–H groups in total. The van der Waals surface area contributed by atoms with Crippen molar-refractivity contribution in [1.82, 2.24) is 15.2 Å². The van der Waals surface area contributed by atoms with Crippen molar-refractivity contribution in [3.05, 3.63) is 0 Å². The van der Waals surface area contributed by atoms with Gasteiger partial charge in [0, 0.05) is 26.7 Å². The molecule has 0 spiro atoms. The van der Waals surface area contributed by atoms with Gasteiger partial charge in [0.15, 0.2) is 0 Å². The molecule has 0 amide bonds. The number of aliphatic imine (C=N–C) groups is 1. The van der Waals surface area contributed by atoms with E-state index in [2.05, 4.69) is 27.3 Å². The molecule has 1 atom stereocenters. The molecule has 82 valence electrons. The van der Waals surface area contributed by atoms with Crippen LogP contribution in [0.15, 0.2) is 4.99 Å². The van der Waals surface area contributed by atoms with Crippen LogP contribution >= 0.6 is 0 Å². The summed E-state index contributed by atoms with van der Waals surface area (Å²) < 4.78 is 0. The van der Waals surface area contributed by atoms with E-state index >= 15 is 0 Å². The molecular weight excluding hydrogens is 178 g/mol. The molecule has 5 heteroatoms. The van der Waals surface area contributed by atoms with E-state index in [0.717, 1.165) is 12.5 Å². The van der Waals surface area contributed by atoms with Crippen LogP contribution in [0, 0.1) is 0 Å². The van der Waals surface area contributed by atoms with Gasteiger partial charge in [-0.15, -0.1) is 0 Å². The van der Waals surface area contributed by atoms with E-state index in [1.807, 2.05) is 7.05 Å². The lowest BCUT2D eigenvalue weighted by atomic mass is 10.1. The Bertz CT molecular complexity index is 203. The number of likely N-dealkylation sites (tertiary alicyclic amines) is 1. The Morgan fingerprint density at radius 1 is 1.64 bits per heavy atom. The Kier molecular flexibility index (Phi) is 4.16. The minimum atomic E-state index is 0.517. The van der Waals surface area contributed by atoms with Crippen LogP contribution in [0.25, 0.3) is 0 Å². The highest BCUT2D eigenvalue weighted by Crippen LogP contribution is 2.12. The number of hydrazine groups is 1. The van der Waals surface area contributed by atoms with Gasteiger partial charge in [0.25, 0.3) is 0 Å². The fourth-order valence-electron chi connectivity index (χ4n) is 1.95. The van der Waals surface area contributed by atoms with Crippen molar-refractivity contribution in [2.45, 2.75) is 18.9 Å². The van der Waals surface area contributed by atoms with Gasteiger partial charge >= 0.3 is 0 Å². The fourth-order valence-corrected chi connectivity index (χ4v) is 1.95. The highest BCUT2D eigenvalue weighted by molar-refractivity contribution is 5.79. The molecule has 0 radical (unpaired) electrons. The van der Waals surface area contributed by atoms with Crippen LogP contribution in [0.5, 0.6) is 0 Å². The second-order valence-corrected chi connectivity index (χ2v) is 3.86. The van der Waals surface area contributed by atoms with Crippen molar-refractivity contribution in [1.29, 1.82) is 0 Å². The summed E-state index contributed by atoms with van der Waals surface area (Å²) in [5.74, 6) is 6.14. The monoisotopic (exact) mass is 199 g/mol. The van der Waals surface area contributed by atoms with Crippen LogP contribution in [0.4, 0.5) is 0 Å². The zero-order chi connectivity index (χ0) is 10.6. The molecular formula is C9H21N5. The lowest BCUT2D eigenvalue weighted by molar-refractivity contribution is 0.179. The van der Waals surface area contributed by atoms with Gasteiger partial charge < -0.3 is 9.80 Å². The van der Waals surface area contributed by atoms with E-state index in [0.29, 0.717) is 6.04 Å². The molecule has 1 fully saturated rings. The number of guanidine groups is 1. The van der Waals surface area contributed by atoms with Gasteiger partial charge in [-0.05, 0) is 26.4 Å². The van der Waals surface area contributed by atoms with Crippen LogP contribution in [0.1, 0.15) is 12.8 Å². The van der Waals surface area contributed by atoms with E-state index < -0.39 is 0 Å². The third-order valence-electron chi connectivity index (χ3n) is 2.82. The average molecular weight is 199 g/mol. The van der Waals surface area contributed by atoms with Gasteiger partial charge in [-0.3, -0.25) is 10.4 Å². The quantitative estimate of drug-likeness (QED) is 0.258. The van der Waals surface area contributed by atoms with Crippen molar-refractivity contribution in [3.8, 4) is 0 Å². The summed E-state index contributed by atoms with van der Waals surface area (Å²) >= 11 is 0. The average Bonchev–Trinajstić information content (AvgIpc) is 2.19. The molecule has 1 rings (SSSR count). The first-order chi connectivity index (χ1) is 6.69. The lowest BCUT2D eigenvalue weighted by Gasteiger charge is -2.36. The SMILES string of the molecule is CN=C(NN)N(C)C1CCCN(C)C1. The number of rotatable bonds is 1. The second-order valence-electron chi connectivity index (χ2n) is 3.86. The summed E-state index contributed by atoms with van der Waals surface area (Å²) in [4.78, 5) is 8.56. The largest absolute Gasteiger partial charge is 0.341 e. The van der Waals surface area contributed by atoms with Gasteiger partial charge in [-0.2, -0.15) is 0 Å². The Morgan fingerprint density at radius 3 is 2.86 bits per heavy atom. The first-order valence-corrected chi connectivity index (χ1v) is 5.03. The molecule has 0 aromatic heterocycles. The molecule has 14 heavy (non-hydrogen) atoms. The molecule has 1 saturated heterocycles. The number of hydrogen-bond donors (Lipinski definition) is 2. The Morgan fingerprint density at radius 2 is 2.36 bits per heavy atom. The normalized spacial score (nSPS) is 24.9. The molecule has 0 saturated carbocycles. The van der Waals surface area contributed by atoms with Crippen molar-refractivity contribution >= 4 is 5.96 Å². The zero-order valence-electron chi connectivity index (χ0n) is 9.32. The smallest absolute Gasteiger partial charge is 0.208 e. The van der Waals surface area contributed by atoms with Crippen LogP contribution in [0.3, 0.4) is 0 Å². The van der Waals surface area contributed by atoms with Gasteiger partial charge in [-0.25, -0.2) is 5.84 Å². The van der Waals surface area contributed by atoms with Gasteiger partial charge in [0.05, 0.1) is 0 Å². The number of hydrogen-bond acceptors (Lipinski definition) is 3. The topological polar surface area (TPSA) is 56.9 Å². The standard InChI is InChI=1S/C9H21N5/c1-11-9(12-10)14(3)8-5-4-6-13(2)7-8/h8H,4-7,10H2,1-3H3,(H,11,12). The lowest BCUT2D eigenvalue weighted by Crippen LogP contribution is -2.52. The Hall–Kier alpha value is -0.810. The summed E-state index contributed by atoms with van der Waals surface area (Å²) in [5.41, 5.74) is 2.62. The van der Waals surface area contributed by atoms with Crippen LogP contribution in [-0.2, 0) is 0 Å². The Labute approximate surface area is 85.9 Å². The van der Waals surface area contributed by atoms with Gasteiger partial charge in [0.1, 0.15) is 0 Å². The Balaban J connectivity index is 2.54. The van der Waals surface area contributed by atoms with E-state index in [1.165, 1.54) is 19.4 Å². The molecule has 1 aliphatic rings. The molecule has 1 unspecified atom stereocenters. The fraction of sp³-hybridized carbons (Fsp3) is 0.889. The maximum Gasteiger partial charge on any atom is 0.208 e. The number of nitrogens with two attached hydrogens (primary N) is 1. The molecule has 1 aliphatic heterocycles. The second kappa shape index (κ2) is 5.17. The molecule has 0 aromatic rings. The molecule has 0 bridgehead atoms. The van der Waals surface area contributed by atoms with Crippen molar-refractivity contribution < 1.29 is 0 Å². The summed E-state index contributed by atoms with van der Waals surface area (Å²) in [6, 6.07) is 0.517. The summed E-state index contributed by atoms with van der Waals surface area (Å²) in [6.45, 7) is 2.27. The van der Waals surface area contributed by atoms with E-state index in [-0.39, 0.29) is 0 Å². The van der Waals surface area contributed by atoms with Crippen LogP contribution in [0.2, 0.25) is 0 Å². The zero-order valence-corrected chi connectivity index (χ0v) is 9.32. The van der Waals surface area contributed by atoms with Crippen LogP contribution in [-0.4, -0.2) is 56.0 Å². The summed E-state index contributed by atoms with van der Waals surface area (Å²) in [7, 11) is 5.93. The number of nitrogens with one attached hydrogen (secondary N) is 1. The minimum Gasteiger partial charge on any atom is -0.341 e. The predicted octanol–water partition coefficient (Wildman–Crippen LogP) is -0.538. The summed E-state index contributed by atoms with van der Waals surface area (Å²) in [6.07, 6.45) is 2.45. The van der Waals surface area contributed by atoms with Crippen molar-refractivity contribution in [3.63, 3.8) is 0 Å². The van der Waals surface area contributed by atoms with E-state index in [9.17, 15) is 0 Å². The minimum absolute atomic E-state index is 0.517. The van der Waals surface area contributed by atoms with Gasteiger partial charge in [0.2, 0.25) is 5.96 Å². The molecule has 0 aliphatic carbocycles. The third-order valence-corrected chi connectivity index (χ3v) is 2.82. The maximum atomic E-state index is 5.39. The highest BCUT2D eigenvalue weighted by Gasteiger charge is 2.22. The summed E-state index contributed by atoms with van der Waals surface area (Å²) in [5, 5.41) is 0. The molecule has 0 aromatic carbocycles. The van der Waals surface area contributed by atoms with Gasteiger partial charge in [-0.1, -0.05) is 0 Å². The van der Waals surface area contributed by atoms with E-state index in [4.69, 9.17) is 5.84 Å². The van der Waals surface area contributed by atoms with Crippen LogP contribution < -0.4 is 11.3 Å². The maximum absolute atomic E-state index is 5.39. The molecule has 5 nitrogen and oxygen atoms in total. The number of piperidine rings is 1. The first-order valence-electron chi connectivity index (χ1n) is 5.03. The van der Waals surface area contributed by atoms with Crippen molar-refractivity contribution in [2.75, 3.05) is 34.2 Å². The van der Waals surface area contributed by atoms with Crippen molar-refractivity contribution in [2.24, 2.45) is 10.8 Å².